The van der Waals surface area contributed by atoms with Crippen molar-refractivity contribution in [2.75, 3.05) is 29.1 Å². The highest BCUT2D eigenvalue weighted by Crippen LogP contribution is 2.25. The lowest BCUT2D eigenvalue weighted by Gasteiger charge is -2.16. The van der Waals surface area contributed by atoms with Crippen molar-refractivity contribution in [2.45, 2.75) is 24.2 Å². The standard InChI is InChI=1S/C17H17F3N4O2S/c18-17(19,20)26-13-5-3-12(4-6-13)23-15(25)10-27-16-9-14(21-11-22-16)24-7-1-2-8-24/h3-6,9,11H,1-2,7-8,10H2,(H,23,25). The van der Waals surface area contributed by atoms with Crippen LogP contribution < -0.4 is 15.0 Å². The summed E-state index contributed by atoms with van der Waals surface area (Å²) in [5.41, 5.74) is 0.385. The maximum atomic E-state index is 12.1. The SMILES string of the molecule is O=C(CSc1cc(N2CCCC2)ncn1)Nc1ccc(OC(F)(F)F)cc1. The maximum absolute atomic E-state index is 12.1. The average Bonchev–Trinajstić information content (AvgIpc) is 3.15. The minimum absolute atomic E-state index is 0.122. The number of amides is 1. The molecule has 2 heterocycles. The Labute approximate surface area is 158 Å². The van der Waals surface area contributed by atoms with Gasteiger partial charge in [0.05, 0.1) is 5.75 Å². The molecule has 0 spiro atoms. The summed E-state index contributed by atoms with van der Waals surface area (Å²) in [5, 5.41) is 3.31. The summed E-state index contributed by atoms with van der Waals surface area (Å²) in [6.07, 6.45) is -0.983. The summed E-state index contributed by atoms with van der Waals surface area (Å²) >= 11 is 1.27. The lowest BCUT2D eigenvalue weighted by atomic mass is 10.3. The molecule has 1 aromatic carbocycles. The molecule has 10 heteroatoms. The van der Waals surface area contributed by atoms with Crippen LogP contribution in [-0.2, 0) is 4.79 Å². The molecule has 1 aliphatic heterocycles. The van der Waals surface area contributed by atoms with Crippen LogP contribution in [0, 0.1) is 0 Å². The Morgan fingerprint density at radius 3 is 2.56 bits per heavy atom. The number of aromatic nitrogens is 2. The van der Waals surface area contributed by atoms with Gasteiger partial charge in [-0.3, -0.25) is 4.79 Å². The lowest BCUT2D eigenvalue weighted by molar-refractivity contribution is -0.274. The topological polar surface area (TPSA) is 67.4 Å². The van der Waals surface area contributed by atoms with Crippen molar-refractivity contribution in [3.8, 4) is 5.75 Å². The highest BCUT2D eigenvalue weighted by molar-refractivity contribution is 7.99. The Morgan fingerprint density at radius 1 is 1.19 bits per heavy atom. The predicted octanol–water partition coefficient (Wildman–Crippen LogP) is 3.71. The first-order chi connectivity index (χ1) is 12.9. The number of nitrogens with one attached hydrogen (secondary N) is 1. The van der Waals surface area contributed by atoms with Crippen LogP contribution in [0.5, 0.6) is 5.75 Å². The molecule has 1 fully saturated rings. The van der Waals surface area contributed by atoms with E-state index in [1.54, 1.807) is 0 Å². The Bertz CT molecular complexity index is 780. The van der Waals surface area contributed by atoms with Gasteiger partial charge in [-0.2, -0.15) is 0 Å². The van der Waals surface area contributed by atoms with Crippen molar-refractivity contribution < 1.29 is 22.7 Å². The molecule has 2 aromatic rings. The van der Waals surface area contributed by atoms with Crippen molar-refractivity contribution >= 4 is 29.2 Å². The van der Waals surface area contributed by atoms with Gasteiger partial charge in [-0.1, -0.05) is 11.8 Å². The fourth-order valence-electron chi connectivity index (χ4n) is 2.60. The number of ether oxygens (including phenoxy) is 1. The van der Waals surface area contributed by atoms with Gasteiger partial charge in [0.2, 0.25) is 5.91 Å². The molecule has 0 atom stereocenters. The van der Waals surface area contributed by atoms with E-state index in [9.17, 15) is 18.0 Å². The van der Waals surface area contributed by atoms with Crippen LogP contribution in [0.4, 0.5) is 24.7 Å². The van der Waals surface area contributed by atoms with E-state index in [1.807, 2.05) is 6.07 Å². The summed E-state index contributed by atoms with van der Waals surface area (Å²) in [7, 11) is 0. The van der Waals surface area contributed by atoms with E-state index < -0.39 is 6.36 Å². The first kappa shape index (κ1) is 19.3. The third-order valence-electron chi connectivity index (χ3n) is 3.78. The van der Waals surface area contributed by atoms with E-state index in [1.165, 1.54) is 30.2 Å². The monoisotopic (exact) mass is 398 g/mol. The number of rotatable bonds is 6. The summed E-state index contributed by atoms with van der Waals surface area (Å²) in [5.74, 6) is 0.346. The second kappa shape index (κ2) is 8.47. The number of anilines is 2. The number of carbonyl (C=O) groups excluding carboxylic acids is 1. The van der Waals surface area contributed by atoms with Crippen LogP contribution >= 0.6 is 11.8 Å². The number of thioether (sulfide) groups is 1. The van der Waals surface area contributed by atoms with Gasteiger partial charge in [0, 0.05) is 24.8 Å². The number of benzene rings is 1. The van der Waals surface area contributed by atoms with Crippen LogP contribution in [0.1, 0.15) is 12.8 Å². The zero-order valence-electron chi connectivity index (χ0n) is 14.2. The fraction of sp³-hybridized carbons (Fsp3) is 0.353. The maximum Gasteiger partial charge on any atom is 0.573 e. The van der Waals surface area contributed by atoms with E-state index in [0.29, 0.717) is 10.7 Å². The van der Waals surface area contributed by atoms with Crippen molar-refractivity contribution in [1.29, 1.82) is 0 Å². The Hall–Kier alpha value is -2.49. The molecule has 0 aliphatic carbocycles. The Morgan fingerprint density at radius 2 is 1.89 bits per heavy atom. The summed E-state index contributed by atoms with van der Waals surface area (Å²) in [6.45, 7) is 1.94. The van der Waals surface area contributed by atoms with Gasteiger partial charge < -0.3 is 15.0 Å². The van der Waals surface area contributed by atoms with Crippen LogP contribution in [0.2, 0.25) is 0 Å². The Balaban J connectivity index is 1.50. The van der Waals surface area contributed by atoms with E-state index >= 15 is 0 Å². The number of nitrogens with zero attached hydrogens (tertiary/aromatic N) is 3. The minimum Gasteiger partial charge on any atom is -0.406 e. The number of halogens is 3. The van der Waals surface area contributed by atoms with Gasteiger partial charge in [0.1, 0.15) is 22.9 Å². The molecule has 27 heavy (non-hydrogen) atoms. The predicted molar refractivity (Wildman–Crippen MR) is 96.0 cm³/mol. The molecule has 1 saturated heterocycles. The second-order valence-electron chi connectivity index (χ2n) is 5.82. The lowest BCUT2D eigenvalue weighted by Crippen LogP contribution is -2.19. The summed E-state index contributed by atoms with van der Waals surface area (Å²) < 4.78 is 40.2. The number of hydrogen-bond donors (Lipinski definition) is 1. The van der Waals surface area contributed by atoms with Gasteiger partial charge in [0.15, 0.2) is 0 Å². The van der Waals surface area contributed by atoms with Gasteiger partial charge in [-0.05, 0) is 37.1 Å². The summed E-state index contributed by atoms with van der Waals surface area (Å²) in [6, 6.07) is 6.83. The molecule has 1 aliphatic rings. The Kier molecular flexibility index (Phi) is 6.04. The van der Waals surface area contributed by atoms with Crippen molar-refractivity contribution in [1.82, 2.24) is 9.97 Å². The van der Waals surface area contributed by atoms with Crippen LogP contribution in [-0.4, -0.2) is 41.1 Å². The van der Waals surface area contributed by atoms with Gasteiger partial charge >= 0.3 is 6.36 Å². The molecule has 6 nitrogen and oxygen atoms in total. The molecule has 144 valence electrons. The molecule has 1 N–H and O–H groups in total. The van der Waals surface area contributed by atoms with E-state index in [-0.39, 0.29) is 17.4 Å². The van der Waals surface area contributed by atoms with Gasteiger partial charge in [-0.15, -0.1) is 13.2 Å². The third-order valence-corrected chi connectivity index (χ3v) is 4.71. The van der Waals surface area contributed by atoms with E-state index in [0.717, 1.165) is 43.9 Å². The minimum atomic E-state index is -4.74. The first-order valence-electron chi connectivity index (χ1n) is 8.24. The second-order valence-corrected chi connectivity index (χ2v) is 6.81. The highest BCUT2D eigenvalue weighted by Gasteiger charge is 2.30. The fourth-order valence-corrected chi connectivity index (χ4v) is 3.27. The molecular formula is C17H17F3N4O2S. The third kappa shape index (κ3) is 6.02. The largest absolute Gasteiger partial charge is 0.573 e. The zero-order valence-corrected chi connectivity index (χ0v) is 15.0. The smallest absolute Gasteiger partial charge is 0.406 e. The van der Waals surface area contributed by atoms with Crippen LogP contribution in [0.25, 0.3) is 0 Å². The molecule has 0 saturated carbocycles. The number of alkyl halides is 3. The van der Waals surface area contributed by atoms with Crippen molar-refractivity contribution in [3.63, 3.8) is 0 Å². The van der Waals surface area contributed by atoms with Gasteiger partial charge in [-0.25, -0.2) is 9.97 Å². The van der Waals surface area contributed by atoms with E-state index in [4.69, 9.17) is 0 Å². The molecule has 0 radical (unpaired) electrons. The van der Waals surface area contributed by atoms with Crippen molar-refractivity contribution in [3.05, 3.63) is 36.7 Å². The summed E-state index contributed by atoms with van der Waals surface area (Å²) in [4.78, 5) is 22.6. The van der Waals surface area contributed by atoms with Gasteiger partial charge in [0.25, 0.3) is 0 Å². The molecular weight excluding hydrogens is 381 g/mol. The molecule has 1 amide bonds. The molecule has 1 aromatic heterocycles. The number of hydrogen-bond acceptors (Lipinski definition) is 6. The normalized spacial score (nSPS) is 14.3. The van der Waals surface area contributed by atoms with E-state index in [2.05, 4.69) is 24.9 Å². The van der Waals surface area contributed by atoms with Crippen LogP contribution in [0.3, 0.4) is 0 Å². The average molecular weight is 398 g/mol. The van der Waals surface area contributed by atoms with Crippen molar-refractivity contribution in [2.24, 2.45) is 0 Å². The highest BCUT2D eigenvalue weighted by atomic mass is 32.2. The first-order valence-corrected chi connectivity index (χ1v) is 9.23. The molecule has 0 unspecified atom stereocenters. The quantitative estimate of drug-likeness (QED) is 0.591. The molecule has 3 rings (SSSR count). The zero-order chi connectivity index (χ0) is 19.3. The molecule has 0 bridgehead atoms. The number of carbonyl (C=O) groups is 1. The van der Waals surface area contributed by atoms with Crippen LogP contribution in [0.15, 0.2) is 41.7 Å².